The van der Waals surface area contributed by atoms with E-state index in [4.69, 9.17) is 4.42 Å². The fourth-order valence-corrected chi connectivity index (χ4v) is 8.35. The number of rotatable bonds is 6. The van der Waals surface area contributed by atoms with Crippen molar-refractivity contribution >= 4 is 71.6 Å². The van der Waals surface area contributed by atoms with Gasteiger partial charge in [0.15, 0.2) is 0 Å². The van der Waals surface area contributed by atoms with Crippen molar-refractivity contribution in [3.8, 4) is 27.9 Å². The van der Waals surface area contributed by atoms with Gasteiger partial charge in [-0.15, -0.1) is 0 Å². The molecule has 9 aromatic carbocycles. The second-order valence-corrected chi connectivity index (χ2v) is 14.2. The van der Waals surface area contributed by atoms with E-state index in [1.807, 2.05) is 0 Å². The van der Waals surface area contributed by atoms with E-state index in [1.54, 1.807) is 0 Å². The molecule has 3 heteroatoms. The minimum absolute atomic E-state index is 0.863. The van der Waals surface area contributed by atoms with E-state index in [-0.39, 0.29) is 0 Å². The molecular weight excluding hydrogens is 669 g/mol. The number of fused-ring (bicyclic) bond motifs is 7. The van der Waals surface area contributed by atoms with E-state index in [9.17, 15) is 0 Å². The van der Waals surface area contributed by atoms with Gasteiger partial charge in [-0.1, -0.05) is 140 Å². The summed E-state index contributed by atoms with van der Waals surface area (Å²) in [5.41, 5.74) is 13.2. The Labute approximate surface area is 318 Å². The number of hydrogen-bond donors (Lipinski definition) is 0. The van der Waals surface area contributed by atoms with Crippen LogP contribution in [0.2, 0.25) is 0 Å². The predicted octanol–water partition coefficient (Wildman–Crippen LogP) is 14.6. The van der Waals surface area contributed by atoms with Crippen molar-refractivity contribution in [3.63, 3.8) is 0 Å². The van der Waals surface area contributed by atoms with Gasteiger partial charge in [-0.25, -0.2) is 0 Å². The first-order valence-electron chi connectivity index (χ1n) is 18.8. The molecule has 258 valence electrons. The molecule has 0 atom stereocenters. The minimum Gasteiger partial charge on any atom is -0.456 e. The first kappa shape index (κ1) is 31.2. The summed E-state index contributed by atoms with van der Waals surface area (Å²) in [6.45, 7) is 0. The highest BCUT2D eigenvalue weighted by Crippen LogP contribution is 2.45. The zero-order valence-electron chi connectivity index (χ0n) is 29.9. The monoisotopic (exact) mass is 702 g/mol. The number of nitrogens with zero attached hydrogens (tertiary/aromatic N) is 2. The summed E-state index contributed by atoms with van der Waals surface area (Å²) in [6.07, 6.45) is 0. The smallest absolute Gasteiger partial charge is 0.137 e. The van der Waals surface area contributed by atoms with E-state index in [0.29, 0.717) is 0 Å². The van der Waals surface area contributed by atoms with Crippen LogP contribution in [0.25, 0.3) is 82.5 Å². The van der Waals surface area contributed by atoms with Gasteiger partial charge in [-0.05, 0) is 99.8 Å². The van der Waals surface area contributed by atoms with Gasteiger partial charge in [0, 0.05) is 33.2 Å². The van der Waals surface area contributed by atoms with Gasteiger partial charge in [0.25, 0.3) is 0 Å². The van der Waals surface area contributed by atoms with Crippen LogP contribution in [-0.2, 0) is 0 Å². The number of furan rings is 1. The molecule has 0 spiro atoms. The van der Waals surface area contributed by atoms with Gasteiger partial charge in [-0.2, -0.15) is 0 Å². The maximum atomic E-state index is 6.60. The number of aromatic nitrogens is 1. The fourth-order valence-electron chi connectivity index (χ4n) is 8.35. The number of benzene rings is 9. The first-order chi connectivity index (χ1) is 27.3. The van der Waals surface area contributed by atoms with E-state index >= 15 is 0 Å². The predicted molar refractivity (Wildman–Crippen MR) is 231 cm³/mol. The molecule has 0 bridgehead atoms. The van der Waals surface area contributed by atoms with Gasteiger partial charge < -0.3 is 13.9 Å². The molecule has 55 heavy (non-hydrogen) atoms. The van der Waals surface area contributed by atoms with E-state index in [1.165, 1.54) is 49.3 Å². The summed E-state index contributed by atoms with van der Waals surface area (Å²) in [7, 11) is 0. The summed E-state index contributed by atoms with van der Waals surface area (Å²) in [5.74, 6) is 0. The van der Waals surface area contributed by atoms with Crippen LogP contribution in [-0.4, -0.2) is 4.57 Å². The third-order valence-corrected chi connectivity index (χ3v) is 11.0. The van der Waals surface area contributed by atoms with Crippen LogP contribution < -0.4 is 4.90 Å². The Kier molecular flexibility index (Phi) is 7.17. The van der Waals surface area contributed by atoms with Gasteiger partial charge in [0.05, 0.1) is 22.1 Å². The van der Waals surface area contributed by atoms with Gasteiger partial charge in [0.1, 0.15) is 11.2 Å². The normalized spacial score (nSPS) is 11.6. The highest BCUT2D eigenvalue weighted by atomic mass is 16.3. The molecule has 0 N–H and O–H groups in total. The van der Waals surface area contributed by atoms with Crippen molar-refractivity contribution in [1.82, 2.24) is 4.57 Å². The molecule has 0 saturated heterocycles. The van der Waals surface area contributed by atoms with E-state index in [0.717, 1.165) is 50.2 Å². The van der Waals surface area contributed by atoms with Crippen molar-refractivity contribution in [2.75, 3.05) is 4.90 Å². The molecule has 0 aliphatic carbocycles. The van der Waals surface area contributed by atoms with E-state index in [2.05, 4.69) is 216 Å². The van der Waals surface area contributed by atoms with Crippen molar-refractivity contribution in [2.45, 2.75) is 0 Å². The van der Waals surface area contributed by atoms with Crippen LogP contribution >= 0.6 is 0 Å². The van der Waals surface area contributed by atoms with Crippen LogP contribution in [0.1, 0.15) is 0 Å². The lowest BCUT2D eigenvalue weighted by molar-refractivity contribution is 0.669. The lowest BCUT2D eigenvalue weighted by Gasteiger charge is -2.27. The molecular formula is C52H34N2O. The zero-order chi connectivity index (χ0) is 36.3. The SMILES string of the molecule is c1ccc(-c2ccc(-c3ccc(N(c4ccc5c6ccccc6n(-c6ccccc6)c5c4)c4cccc5oc6cc7ccccc7cc6c45)cc3)cc2)cc1. The summed E-state index contributed by atoms with van der Waals surface area (Å²) < 4.78 is 8.98. The Hall–Kier alpha value is -7.36. The lowest BCUT2D eigenvalue weighted by atomic mass is 10.00. The molecule has 0 unspecified atom stereocenters. The van der Waals surface area contributed by atoms with Crippen molar-refractivity contribution in [1.29, 1.82) is 0 Å². The average Bonchev–Trinajstić information content (AvgIpc) is 3.79. The van der Waals surface area contributed by atoms with Crippen LogP contribution in [0.4, 0.5) is 17.1 Å². The molecule has 0 fully saturated rings. The molecule has 0 amide bonds. The van der Waals surface area contributed by atoms with Crippen LogP contribution in [0.3, 0.4) is 0 Å². The standard InChI is InChI=1S/C52H34N2O/c1-3-12-35(13-4-1)36-22-24-37(25-23-36)38-26-28-42(29-27-38)53(48-20-11-21-50-52(48)46-32-39-14-7-8-15-40(39)33-51(46)55-50)43-30-31-45-44-18-9-10-19-47(44)54(49(45)34-43)41-16-5-2-6-17-41/h1-34H. The summed E-state index contributed by atoms with van der Waals surface area (Å²) in [5, 5.41) is 7.00. The molecule has 0 radical (unpaired) electrons. The fraction of sp³-hybridized carbons (Fsp3) is 0. The average molecular weight is 703 g/mol. The molecule has 11 rings (SSSR count). The highest BCUT2D eigenvalue weighted by molar-refractivity contribution is 6.17. The minimum atomic E-state index is 0.863. The van der Waals surface area contributed by atoms with Crippen LogP contribution in [0.5, 0.6) is 0 Å². The highest BCUT2D eigenvalue weighted by Gasteiger charge is 2.22. The summed E-state index contributed by atoms with van der Waals surface area (Å²) in [6, 6.07) is 73.9. The molecule has 2 heterocycles. The largest absolute Gasteiger partial charge is 0.456 e. The van der Waals surface area contributed by atoms with E-state index < -0.39 is 0 Å². The lowest BCUT2D eigenvalue weighted by Crippen LogP contribution is -2.10. The van der Waals surface area contributed by atoms with Crippen molar-refractivity contribution in [2.24, 2.45) is 0 Å². The van der Waals surface area contributed by atoms with Gasteiger partial charge >= 0.3 is 0 Å². The van der Waals surface area contributed by atoms with Crippen molar-refractivity contribution in [3.05, 3.63) is 206 Å². The molecule has 3 nitrogen and oxygen atoms in total. The molecule has 0 aliphatic rings. The summed E-state index contributed by atoms with van der Waals surface area (Å²) >= 11 is 0. The Balaban J connectivity index is 1.12. The number of hydrogen-bond acceptors (Lipinski definition) is 2. The molecule has 2 aromatic heterocycles. The third kappa shape index (κ3) is 5.20. The summed E-state index contributed by atoms with van der Waals surface area (Å²) in [4.78, 5) is 2.39. The van der Waals surface area contributed by atoms with Crippen LogP contribution in [0.15, 0.2) is 211 Å². The number of para-hydroxylation sites is 2. The Morgan fingerprint density at radius 3 is 1.69 bits per heavy atom. The second-order valence-electron chi connectivity index (χ2n) is 14.2. The van der Waals surface area contributed by atoms with Gasteiger partial charge in [-0.3, -0.25) is 0 Å². The molecule has 11 aromatic rings. The van der Waals surface area contributed by atoms with Crippen LogP contribution in [0, 0.1) is 0 Å². The topological polar surface area (TPSA) is 21.3 Å². The maximum absolute atomic E-state index is 6.60. The Morgan fingerprint density at radius 2 is 0.945 bits per heavy atom. The zero-order valence-corrected chi connectivity index (χ0v) is 29.9. The first-order valence-corrected chi connectivity index (χ1v) is 18.8. The molecule has 0 aliphatic heterocycles. The second kappa shape index (κ2) is 12.6. The maximum Gasteiger partial charge on any atom is 0.137 e. The van der Waals surface area contributed by atoms with Crippen molar-refractivity contribution < 1.29 is 4.42 Å². The third-order valence-electron chi connectivity index (χ3n) is 11.0. The Bertz CT molecular complexity index is 3180. The molecule has 0 saturated carbocycles. The van der Waals surface area contributed by atoms with Gasteiger partial charge in [0.2, 0.25) is 0 Å². The quantitative estimate of drug-likeness (QED) is 0.172. The number of anilines is 3. The Morgan fingerprint density at radius 1 is 0.364 bits per heavy atom.